The van der Waals surface area contributed by atoms with E-state index < -0.39 is 0 Å². The quantitative estimate of drug-likeness (QED) is 0.597. The Morgan fingerprint density at radius 1 is 1.09 bits per heavy atom. The SMILES string of the molecule is O=C(CC1OCCCO1)N[C@H]1CC[C@H](CCN2CCC(c3noc4cc(Cl)ccc34)CC2)CC1. The summed E-state index contributed by atoms with van der Waals surface area (Å²) in [6.45, 7) is 4.77. The number of likely N-dealkylation sites (tertiary alicyclic amines) is 1. The molecule has 1 N–H and O–H groups in total. The Hall–Kier alpha value is -1.67. The van der Waals surface area contributed by atoms with E-state index in [9.17, 15) is 4.79 Å². The van der Waals surface area contributed by atoms with E-state index in [1.807, 2.05) is 18.2 Å². The van der Waals surface area contributed by atoms with Crippen molar-refractivity contribution < 1.29 is 18.8 Å². The van der Waals surface area contributed by atoms with Gasteiger partial charge in [-0.3, -0.25) is 4.79 Å². The summed E-state index contributed by atoms with van der Waals surface area (Å²) in [5, 5.41) is 9.35. The van der Waals surface area contributed by atoms with E-state index in [-0.39, 0.29) is 12.2 Å². The molecular weight excluding hydrogens is 454 g/mol. The summed E-state index contributed by atoms with van der Waals surface area (Å²) in [6.07, 6.45) is 8.91. The number of hydrogen-bond donors (Lipinski definition) is 1. The Morgan fingerprint density at radius 2 is 1.85 bits per heavy atom. The highest BCUT2D eigenvalue weighted by atomic mass is 35.5. The summed E-state index contributed by atoms with van der Waals surface area (Å²) in [7, 11) is 0. The van der Waals surface area contributed by atoms with E-state index in [4.69, 9.17) is 25.6 Å². The number of benzene rings is 1. The maximum Gasteiger partial charge on any atom is 0.225 e. The van der Waals surface area contributed by atoms with Crippen LogP contribution in [0.5, 0.6) is 0 Å². The minimum atomic E-state index is -0.365. The summed E-state index contributed by atoms with van der Waals surface area (Å²) >= 11 is 6.08. The van der Waals surface area contributed by atoms with Gasteiger partial charge in [0.05, 0.1) is 25.3 Å². The number of nitrogens with zero attached hydrogens (tertiary/aromatic N) is 2. The number of nitrogens with one attached hydrogen (secondary N) is 1. The molecule has 34 heavy (non-hydrogen) atoms. The lowest BCUT2D eigenvalue weighted by Gasteiger charge is -2.34. The zero-order chi connectivity index (χ0) is 23.3. The van der Waals surface area contributed by atoms with Gasteiger partial charge in [-0.05, 0) is 89.1 Å². The van der Waals surface area contributed by atoms with Gasteiger partial charge in [-0.1, -0.05) is 16.8 Å². The summed E-state index contributed by atoms with van der Waals surface area (Å²) in [5.41, 5.74) is 1.88. The molecule has 7 nitrogen and oxygen atoms in total. The van der Waals surface area contributed by atoms with Crippen molar-refractivity contribution in [2.45, 2.75) is 76.0 Å². The van der Waals surface area contributed by atoms with Crippen LogP contribution < -0.4 is 5.32 Å². The van der Waals surface area contributed by atoms with Gasteiger partial charge in [-0.15, -0.1) is 0 Å². The Balaban J connectivity index is 0.992. The number of fused-ring (bicyclic) bond motifs is 1. The summed E-state index contributed by atoms with van der Waals surface area (Å²) in [5.74, 6) is 1.28. The highest BCUT2D eigenvalue weighted by Crippen LogP contribution is 2.34. The van der Waals surface area contributed by atoms with Crippen LogP contribution in [0.2, 0.25) is 5.02 Å². The van der Waals surface area contributed by atoms with Gasteiger partial charge >= 0.3 is 0 Å². The van der Waals surface area contributed by atoms with Gasteiger partial charge in [0.25, 0.3) is 0 Å². The zero-order valence-electron chi connectivity index (χ0n) is 19.8. The first-order chi connectivity index (χ1) is 16.6. The molecule has 1 amide bonds. The van der Waals surface area contributed by atoms with Crippen molar-refractivity contribution in [3.8, 4) is 0 Å². The van der Waals surface area contributed by atoms with E-state index >= 15 is 0 Å². The predicted molar refractivity (Wildman–Crippen MR) is 131 cm³/mol. The number of amides is 1. The Labute approximate surface area is 206 Å². The Bertz CT molecular complexity index is 945. The number of halogens is 1. The summed E-state index contributed by atoms with van der Waals surface area (Å²) in [4.78, 5) is 14.9. The molecule has 0 bridgehead atoms. The van der Waals surface area contributed by atoms with Crippen molar-refractivity contribution in [2.24, 2.45) is 5.92 Å². The second-order valence-corrected chi connectivity index (χ2v) is 10.6. The summed E-state index contributed by atoms with van der Waals surface area (Å²) < 4.78 is 16.5. The van der Waals surface area contributed by atoms with Crippen molar-refractivity contribution in [3.05, 3.63) is 28.9 Å². The summed E-state index contributed by atoms with van der Waals surface area (Å²) in [6, 6.07) is 6.10. The van der Waals surface area contributed by atoms with Crippen LogP contribution in [0.1, 0.15) is 69.4 Å². The molecule has 1 saturated carbocycles. The van der Waals surface area contributed by atoms with E-state index in [2.05, 4.69) is 15.4 Å². The molecule has 0 atom stereocenters. The van der Waals surface area contributed by atoms with Gasteiger partial charge in [0, 0.05) is 28.4 Å². The second-order valence-electron chi connectivity index (χ2n) is 10.1. The number of carbonyl (C=O) groups is 1. The maximum absolute atomic E-state index is 12.3. The van der Waals surface area contributed by atoms with E-state index in [0.29, 0.717) is 36.6 Å². The van der Waals surface area contributed by atoms with Crippen LogP contribution in [-0.4, -0.2) is 61.1 Å². The average molecular weight is 490 g/mol. The Morgan fingerprint density at radius 3 is 2.62 bits per heavy atom. The lowest BCUT2D eigenvalue weighted by atomic mass is 9.83. The van der Waals surface area contributed by atoms with Crippen molar-refractivity contribution >= 4 is 28.5 Å². The van der Waals surface area contributed by atoms with Crippen molar-refractivity contribution in [1.29, 1.82) is 0 Å². The smallest absolute Gasteiger partial charge is 0.225 e. The Kier molecular flexibility index (Phi) is 8.05. The van der Waals surface area contributed by atoms with Crippen LogP contribution >= 0.6 is 11.6 Å². The van der Waals surface area contributed by atoms with Crippen LogP contribution in [0.15, 0.2) is 22.7 Å². The van der Waals surface area contributed by atoms with Crippen molar-refractivity contribution in [1.82, 2.24) is 15.4 Å². The van der Waals surface area contributed by atoms with Gasteiger partial charge in [0.1, 0.15) is 0 Å². The minimum Gasteiger partial charge on any atom is -0.356 e. The van der Waals surface area contributed by atoms with E-state index in [1.165, 1.54) is 25.8 Å². The van der Waals surface area contributed by atoms with Crippen LogP contribution in [0.4, 0.5) is 0 Å². The molecule has 5 rings (SSSR count). The van der Waals surface area contributed by atoms with Crippen LogP contribution in [0.3, 0.4) is 0 Å². The molecule has 8 heteroatoms. The lowest BCUT2D eigenvalue weighted by Crippen LogP contribution is -2.41. The van der Waals surface area contributed by atoms with Crippen molar-refractivity contribution in [2.75, 3.05) is 32.8 Å². The first kappa shape index (κ1) is 24.0. The van der Waals surface area contributed by atoms with Gasteiger partial charge < -0.3 is 24.2 Å². The number of aromatic nitrogens is 1. The van der Waals surface area contributed by atoms with Gasteiger partial charge in [-0.25, -0.2) is 0 Å². The first-order valence-electron chi connectivity index (χ1n) is 12.9. The fraction of sp³-hybridized carbons (Fsp3) is 0.692. The fourth-order valence-electron chi connectivity index (χ4n) is 5.71. The number of hydrogen-bond acceptors (Lipinski definition) is 6. The van der Waals surface area contributed by atoms with Crippen molar-refractivity contribution in [3.63, 3.8) is 0 Å². The second kappa shape index (κ2) is 11.4. The highest BCUT2D eigenvalue weighted by Gasteiger charge is 2.27. The number of ether oxygens (including phenoxy) is 2. The number of piperidine rings is 1. The average Bonchev–Trinajstić information content (AvgIpc) is 3.27. The molecule has 0 radical (unpaired) electrons. The third-order valence-corrected chi connectivity index (χ3v) is 7.98. The highest BCUT2D eigenvalue weighted by molar-refractivity contribution is 6.31. The van der Waals surface area contributed by atoms with Gasteiger partial charge in [0.15, 0.2) is 11.9 Å². The molecule has 1 aromatic heterocycles. The standard InChI is InChI=1S/C26H36ClN3O4/c27-20-4-7-22-23(16-20)34-29-26(22)19-9-12-30(13-10-19)11-8-18-2-5-21(6-3-18)28-24(31)17-25-32-14-1-15-33-25/h4,7,16,18-19,21,25H,1-3,5-6,8-15,17H2,(H,28,31)/t18-,21-. The predicted octanol–water partition coefficient (Wildman–Crippen LogP) is 4.88. The minimum absolute atomic E-state index is 0.0567. The molecule has 3 fully saturated rings. The molecule has 0 spiro atoms. The monoisotopic (exact) mass is 489 g/mol. The maximum atomic E-state index is 12.3. The third-order valence-electron chi connectivity index (χ3n) is 7.75. The molecule has 1 aliphatic carbocycles. The number of rotatable bonds is 7. The topological polar surface area (TPSA) is 76.8 Å². The molecule has 186 valence electrons. The van der Waals surface area contributed by atoms with E-state index in [0.717, 1.165) is 67.8 Å². The zero-order valence-corrected chi connectivity index (χ0v) is 20.6. The lowest BCUT2D eigenvalue weighted by molar-refractivity contribution is -0.184. The van der Waals surface area contributed by atoms with E-state index in [1.54, 1.807) is 0 Å². The van der Waals surface area contributed by atoms with Gasteiger partial charge in [0.2, 0.25) is 5.91 Å². The first-order valence-corrected chi connectivity index (χ1v) is 13.3. The largest absolute Gasteiger partial charge is 0.356 e. The number of carbonyl (C=O) groups excluding carboxylic acids is 1. The molecule has 1 aromatic carbocycles. The van der Waals surface area contributed by atoms with Crippen LogP contribution in [0.25, 0.3) is 11.0 Å². The molecular formula is C26H36ClN3O4. The van der Waals surface area contributed by atoms with Crippen LogP contribution in [-0.2, 0) is 14.3 Å². The van der Waals surface area contributed by atoms with Crippen LogP contribution in [0, 0.1) is 5.92 Å². The fourth-order valence-corrected chi connectivity index (χ4v) is 5.87. The molecule has 3 aliphatic rings. The molecule has 2 aromatic rings. The molecule has 3 heterocycles. The van der Waals surface area contributed by atoms with Gasteiger partial charge in [-0.2, -0.15) is 0 Å². The third kappa shape index (κ3) is 6.11. The molecule has 2 saturated heterocycles. The molecule has 2 aliphatic heterocycles. The molecule has 0 unspecified atom stereocenters. The normalized spacial score (nSPS) is 25.6.